The van der Waals surface area contributed by atoms with Crippen molar-refractivity contribution in [3.05, 3.63) is 34.2 Å². The number of carboxylic acid groups (broad SMARTS) is 1. The van der Waals surface area contributed by atoms with Crippen LogP contribution in [-0.2, 0) is 0 Å². The zero-order valence-corrected chi connectivity index (χ0v) is 7.60. The number of hydrogen-bond donors (Lipinski definition) is 2. The van der Waals surface area contributed by atoms with Crippen LogP contribution in [-0.4, -0.2) is 16.2 Å². The van der Waals surface area contributed by atoms with Crippen molar-refractivity contribution in [1.82, 2.24) is 0 Å². The number of phenolic OH excluding ortho intramolecular Hbond substituents is 1. The van der Waals surface area contributed by atoms with Crippen molar-refractivity contribution in [1.29, 1.82) is 0 Å². The number of halogens is 1. The highest BCUT2D eigenvalue weighted by Crippen LogP contribution is 2.30. The average molecular weight is 216 g/mol. The number of nitrogens with zero attached hydrogens (tertiary/aromatic N) is 1. The van der Waals surface area contributed by atoms with Crippen LogP contribution in [0.4, 0.5) is 0 Å². The molecule has 0 saturated carbocycles. The molecule has 0 bridgehead atoms. The molecule has 74 valence electrons. The van der Waals surface area contributed by atoms with Crippen molar-refractivity contribution in [2.45, 2.75) is 5.50 Å². The van der Waals surface area contributed by atoms with E-state index in [-0.39, 0.29) is 16.9 Å². The number of carboxylic acids is 1. The van der Waals surface area contributed by atoms with Gasteiger partial charge >= 0.3 is 5.97 Å². The minimum absolute atomic E-state index is 0.0124. The van der Waals surface area contributed by atoms with E-state index in [0.29, 0.717) is 0 Å². The second-order valence-corrected chi connectivity index (χ2v) is 2.93. The van der Waals surface area contributed by atoms with Gasteiger partial charge in [0.25, 0.3) is 0 Å². The number of carbonyl (C=O) groups is 1. The van der Waals surface area contributed by atoms with Crippen molar-refractivity contribution in [2.75, 3.05) is 0 Å². The molecule has 6 heteroatoms. The molecular weight excluding hydrogens is 210 g/mol. The van der Waals surface area contributed by atoms with E-state index in [0.717, 1.165) is 12.1 Å². The van der Waals surface area contributed by atoms with Gasteiger partial charge in [-0.3, -0.25) is 0 Å². The zero-order chi connectivity index (χ0) is 10.7. The summed E-state index contributed by atoms with van der Waals surface area (Å²) in [6.45, 7) is 0. The predicted molar refractivity (Wildman–Crippen MR) is 49.5 cm³/mol. The van der Waals surface area contributed by atoms with Gasteiger partial charge in [-0.2, -0.15) is 0 Å². The monoisotopic (exact) mass is 215 g/mol. The lowest BCUT2D eigenvalue weighted by atomic mass is 10.1. The smallest absolute Gasteiger partial charge is 0.335 e. The van der Waals surface area contributed by atoms with E-state index in [1.165, 1.54) is 6.07 Å². The Bertz CT molecular complexity index is 380. The maximum Gasteiger partial charge on any atom is 0.335 e. The molecule has 0 heterocycles. The first-order chi connectivity index (χ1) is 6.56. The summed E-state index contributed by atoms with van der Waals surface area (Å²) in [4.78, 5) is 20.6. The van der Waals surface area contributed by atoms with Crippen LogP contribution in [0.15, 0.2) is 23.4 Å². The van der Waals surface area contributed by atoms with Gasteiger partial charge in [-0.25, -0.2) is 4.79 Å². The summed E-state index contributed by atoms with van der Waals surface area (Å²) < 4.78 is 0. The van der Waals surface area contributed by atoms with Gasteiger partial charge in [0.15, 0.2) is 5.50 Å². The average Bonchev–Trinajstić information content (AvgIpc) is 2.17. The SMILES string of the molecule is O=NC(Cl)c1cc(C(=O)O)ccc1O. The lowest BCUT2D eigenvalue weighted by Crippen LogP contribution is -1.98. The summed E-state index contributed by atoms with van der Waals surface area (Å²) in [6, 6.07) is 3.46. The fourth-order valence-corrected chi connectivity index (χ4v) is 1.11. The quantitative estimate of drug-likeness (QED) is 0.459. The highest BCUT2D eigenvalue weighted by atomic mass is 35.5. The Hall–Kier alpha value is -1.62. The molecule has 5 nitrogen and oxygen atoms in total. The van der Waals surface area contributed by atoms with Crippen molar-refractivity contribution in [3.63, 3.8) is 0 Å². The second kappa shape index (κ2) is 4.06. The Morgan fingerprint density at radius 2 is 2.14 bits per heavy atom. The minimum atomic E-state index is -1.28. The highest BCUT2D eigenvalue weighted by molar-refractivity contribution is 6.20. The standard InChI is InChI=1S/C8H6ClNO4/c9-7(10-14)5-3-4(8(12)13)1-2-6(5)11/h1-3,7,11H,(H,12,13). The Balaban J connectivity index is 3.20. The number of hydrogen-bond acceptors (Lipinski definition) is 4. The van der Waals surface area contributed by atoms with Gasteiger partial charge in [0.2, 0.25) is 0 Å². The lowest BCUT2D eigenvalue weighted by Gasteiger charge is -2.05. The van der Waals surface area contributed by atoms with E-state index < -0.39 is 11.5 Å². The molecule has 1 aromatic carbocycles. The molecule has 0 amide bonds. The Morgan fingerprint density at radius 1 is 1.50 bits per heavy atom. The first kappa shape index (κ1) is 10.5. The van der Waals surface area contributed by atoms with Crippen LogP contribution in [0.25, 0.3) is 0 Å². The molecule has 1 unspecified atom stereocenters. The topological polar surface area (TPSA) is 87.0 Å². The summed E-state index contributed by atoms with van der Waals surface area (Å²) in [5.74, 6) is -1.42. The van der Waals surface area contributed by atoms with Gasteiger partial charge < -0.3 is 10.2 Å². The van der Waals surface area contributed by atoms with Crippen LogP contribution in [0, 0.1) is 4.91 Å². The van der Waals surface area contributed by atoms with Gasteiger partial charge in [0.05, 0.1) is 5.56 Å². The molecule has 0 aliphatic rings. The van der Waals surface area contributed by atoms with Gasteiger partial charge in [0, 0.05) is 5.56 Å². The van der Waals surface area contributed by atoms with Crippen LogP contribution >= 0.6 is 11.6 Å². The second-order valence-electron chi connectivity index (χ2n) is 2.52. The molecule has 0 aliphatic heterocycles. The van der Waals surface area contributed by atoms with Crippen LogP contribution in [0.2, 0.25) is 0 Å². The van der Waals surface area contributed by atoms with Crippen molar-refractivity contribution < 1.29 is 15.0 Å². The third-order valence-corrected chi connectivity index (χ3v) is 1.94. The van der Waals surface area contributed by atoms with Gasteiger partial charge in [-0.1, -0.05) is 11.6 Å². The normalized spacial score (nSPS) is 12.1. The summed E-state index contributed by atoms with van der Waals surface area (Å²) in [6.07, 6.45) is 0. The summed E-state index contributed by atoms with van der Waals surface area (Å²) >= 11 is 5.44. The van der Waals surface area contributed by atoms with E-state index in [9.17, 15) is 14.8 Å². The predicted octanol–water partition coefficient (Wildman–Crippen LogP) is 2.09. The minimum Gasteiger partial charge on any atom is -0.508 e. The van der Waals surface area contributed by atoms with Crippen LogP contribution < -0.4 is 0 Å². The molecule has 0 aromatic heterocycles. The van der Waals surface area contributed by atoms with Gasteiger partial charge in [-0.15, -0.1) is 4.91 Å². The highest BCUT2D eigenvalue weighted by Gasteiger charge is 2.15. The van der Waals surface area contributed by atoms with Crippen molar-refractivity contribution in [3.8, 4) is 5.75 Å². The Labute approximate surface area is 83.9 Å². The Kier molecular flexibility index (Phi) is 3.03. The van der Waals surface area contributed by atoms with Gasteiger partial charge in [-0.05, 0) is 23.4 Å². The lowest BCUT2D eigenvalue weighted by molar-refractivity contribution is 0.0697. The van der Waals surface area contributed by atoms with Gasteiger partial charge in [0.1, 0.15) is 5.75 Å². The maximum absolute atomic E-state index is 10.5. The van der Waals surface area contributed by atoms with Crippen LogP contribution in [0.1, 0.15) is 21.4 Å². The first-order valence-corrected chi connectivity index (χ1v) is 4.02. The number of aromatic carboxylic acids is 1. The molecule has 1 aromatic rings. The zero-order valence-electron chi connectivity index (χ0n) is 6.85. The summed E-state index contributed by atoms with van der Waals surface area (Å²) in [5, 5.41) is 20.3. The fraction of sp³-hybridized carbons (Fsp3) is 0.125. The number of aromatic hydroxyl groups is 1. The van der Waals surface area contributed by atoms with E-state index >= 15 is 0 Å². The third-order valence-electron chi connectivity index (χ3n) is 1.62. The van der Waals surface area contributed by atoms with E-state index in [1.807, 2.05) is 0 Å². The molecule has 0 aliphatic carbocycles. The third kappa shape index (κ3) is 2.00. The number of phenols is 1. The molecule has 1 rings (SSSR count). The fourth-order valence-electron chi connectivity index (χ4n) is 0.935. The molecule has 0 spiro atoms. The number of nitroso groups, excluding NO2 is 1. The van der Waals surface area contributed by atoms with E-state index in [2.05, 4.69) is 5.18 Å². The number of alkyl halides is 1. The number of rotatable bonds is 3. The maximum atomic E-state index is 10.5. The molecule has 0 saturated heterocycles. The van der Waals surface area contributed by atoms with Crippen LogP contribution in [0.5, 0.6) is 5.75 Å². The molecule has 2 N–H and O–H groups in total. The molecule has 14 heavy (non-hydrogen) atoms. The largest absolute Gasteiger partial charge is 0.508 e. The molecule has 0 fully saturated rings. The summed E-state index contributed by atoms with van der Waals surface area (Å²) in [7, 11) is 0. The van der Waals surface area contributed by atoms with Crippen molar-refractivity contribution >= 4 is 17.6 Å². The first-order valence-electron chi connectivity index (χ1n) is 3.59. The summed E-state index contributed by atoms with van der Waals surface area (Å²) in [5.41, 5.74) is -1.36. The number of benzene rings is 1. The molecule has 0 radical (unpaired) electrons. The van der Waals surface area contributed by atoms with E-state index in [4.69, 9.17) is 16.7 Å². The molecular formula is C8H6ClNO4. The van der Waals surface area contributed by atoms with E-state index in [1.54, 1.807) is 0 Å². The van der Waals surface area contributed by atoms with Crippen LogP contribution in [0.3, 0.4) is 0 Å². The molecule has 1 atom stereocenters. The Morgan fingerprint density at radius 3 is 2.64 bits per heavy atom. The van der Waals surface area contributed by atoms with Crippen molar-refractivity contribution in [2.24, 2.45) is 5.18 Å².